The van der Waals surface area contributed by atoms with E-state index < -0.39 is 15.8 Å². The molecule has 0 saturated heterocycles. The number of nitrogens with zero attached hydrogens (tertiary/aromatic N) is 1. The van der Waals surface area contributed by atoms with Crippen molar-refractivity contribution < 1.29 is 17.6 Å². The summed E-state index contributed by atoms with van der Waals surface area (Å²) in [5.74, 6) is -1.00. The highest BCUT2D eigenvalue weighted by molar-refractivity contribution is 9.10. The maximum atomic E-state index is 14.1. The molecule has 0 spiro atoms. The molecular weight excluding hydrogens is 397 g/mol. The van der Waals surface area contributed by atoms with Gasteiger partial charge in [-0.2, -0.15) is 4.31 Å². The number of fused-ring (bicyclic) bond motifs is 1. The van der Waals surface area contributed by atoms with Crippen LogP contribution in [0, 0.1) is 12.7 Å². The Labute approximate surface area is 148 Å². The van der Waals surface area contributed by atoms with Crippen molar-refractivity contribution in [2.75, 3.05) is 6.54 Å². The first kappa shape index (κ1) is 17.3. The van der Waals surface area contributed by atoms with E-state index in [1.165, 1.54) is 16.4 Å². The Morgan fingerprint density at radius 3 is 2.46 bits per heavy atom. The maximum Gasteiger partial charge on any atom is 0.243 e. The van der Waals surface area contributed by atoms with E-state index in [0.717, 1.165) is 5.56 Å². The van der Waals surface area contributed by atoms with Crippen LogP contribution in [-0.2, 0) is 16.6 Å². The van der Waals surface area contributed by atoms with Crippen LogP contribution in [0.2, 0.25) is 0 Å². The average molecular weight is 412 g/mol. The van der Waals surface area contributed by atoms with Gasteiger partial charge in [-0.15, -0.1) is 0 Å². The van der Waals surface area contributed by atoms with Crippen molar-refractivity contribution in [3.63, 3.8) is 0 Å². The van der Waals surface area contributed by atoms with E-state index in [0.29, 0.717) is 10.0 Å². The van der Waals surface area contributed by atoms with Gasteiger partial charge in [-0.05, 0) is 36.8 Å². The molecule has 1 aliphatic rings. The molecular formula is C17H15BrFNO3S. The van der Waals surface area contributed by atoms with E-state index in [9.17, 15) is 17.6 Å². The Morgan fingerprint density at radius 2 is 1.79 bits per heavy atom. The lowest BCUT2D eigenvalue weighted by atomic mass is 10.0. The lowest BCUT2D eigenvalue weighted by molar-refractivity contribution is 0.0977. The number of hydrogen-bond acceptors (Lipinski definition) is 3. The molecule has 126 valence electrons. The number of ketones is 1. The van der Waals surface area contributed by atoms with Crippen LogP contribution in [-0.4, -0.2) is 25.1 Å². The Bertz CT molecular complexity index is 910. The molecule has 24 heavy (non-hydrogen) atoms. The minimum Gasteiger partial charge on any atom is -0.294 e. The average Bonchev–Trinajstić information content (AvgIpc) is 2.72. The van der Waals surface area contributed by atoms with Gasteiger partial charge in [0.15, 0.2) is 5.78 Å². The summed E-state index contributed by atoms with van der Waals surface area (Å²) in [6.07, 6.45) is -0.0501. The van der Waals surface area contributed by atoms with Crippen LogP contribution in [0.25, 0.3) is 0 Å². The van der Waals surface area contributed by atoms with Gasteiger partial charge in [0.05, 0.1) is 10.5 Å². The third kappa shape index (κ3) is 3.03. The molecule has 0 N–H and O–H groups in total. The number of rotatable bonds is 2. The molecule has 3 rings (SSSR count). The first-order chi connectivity index (χ1) is 11.3. The molecule has 7 heteroatoms. The summed E-state index contributed by atoms with van der Waals surface area (Å²) in [5.41, 5.74) is 1.30. The van der Waals surface area contributed by atoms with Gasteiger partial charge in [0.1, 0.15) is 5.82 Å². The molecule has 0 bridgehead atoms. The third-order valence-electron chi connectivity index (χ3n) is 4.07. The number of sulfonamides is 1. The molecule has 0 unspecified atom stereocenters. The quantitative estimate of drug-likeness (QED) is 0.757. The second-order valence-electron chi connectivity index (χ2n) is 5.71. The summed E-state index contributed by atoms with van der Waals surface area (Å²) < 4.78 is 41.6. The highest BCUT2D eigenvalue weighted by atomic mass is 79.9. The van der Waals surface area contributed by atoms with E-state index in [2.05, 4.69) is 15.9 Å². The van der Waals surface area contributed by atoms with Crippen molar-refractivity contribution in [1.82, 2.24) is 4.31 Å². The van der Waals surface area contributed by atoms with Crippen LogP contribution in [0.5, 0.6) is 0 Å². The Morgan fingerprint density at radius 1 is 1.12 bits per heavy atom. The second kappa shape index (κ2) is 6.38. The molecule has 0 radical (unpaired) electrons. The molecule has 2 aromatic carbocycles. The van der Waals surface area contributed by atoms with Gasteiger partial charge in [0, 0.05) is 24.0 Å². The van der Waals surface area contributed by atoms with Gasteiger partial charge in [-0.25, -0.2) is 12.8 Å². The lowest BCUT2D eigenvalue weighted by Gasteiger charge is -2.21. The monoisotopic (exact) mass is 411 g/mol. The number of hydrogen-bond donors (Lipinski definition) is 0. The number of carbonyl (C=O) groups is 1. The topological polar surface area (TPSA) is 54.5 Å². The Kier molecular flexibility index (Phi) is 4.59. The highest BCUT2D eigenvalue weighted by Crippen LogP contribution is 2.31. The van der Waals surface area contributed by atoms with Crippen molar-refractivity contribution in [2.24, 2.45) is 0 Å². The molecule has 0 aliphatic carbocycles. The zero-order chi connectivity index (χ0) is 17.5. The van der Waals surface area contributed by atoms with Crippen LogP contribution in [0.3, 0.4) is 0 Å². The largest absolute Gasteiger partial charge is 0.294 e. The molecule has 0 amide bonds. The predicted molar refractivity (Wildman–Crippen MR) is 91.8 cm³/mol. The molecule has 0 aromatic heterocycles. The number of carbonyl (C=O) groups excluding carboxylic acids is 1. The van der Waals surface area contributed by atoms with Gasteiger partial charge in [-0.1, -0.05) is 33.6 Å². The fourth-order valence-corrected chi connectivity index (χ4v) is 4.59. The summed E-state index contributed by atoms with van der Waals surface area (Å²) in [5, 5.41) is 0. The van der Waals surface area contributed by atoms with Gasteiger partial charge in [-0.3, -0.25) is 4.79 Å². The van der Waals surface area contributed by atoms with E-state index in [4.69, 9.17) is 0 Å². The summed E-state index contributed by atoms with van der Waals surface area (Å²) in [6.45, 7) is 1.85. The zero-order valence-corrected chi connectivity index (χ0v) is 15.3. The fourth-order valence-electron chi connectivity index (χ4n) is 2.72. The fraction of sp³-hybridized carbons (Fsp3) is 0.235. The van der Waals surface area contributed by atoms with Crippen LogP contribution in [0.15, 0.2) is 45.8 Å². The summed E-state index contributed by atoms with van der Waals surface area (Å²) in [7, 11) is -3.76. The van der Waals surface area contributed by atoms with Gasteiger partial charge in [0.2, 0.25) is 10.0 Å². The van der Waals surface area contributed by atoms with Gasteiger partial charge >= 0.3 is 0 Å². The smallest absolute Gasteiger partial charge is 0.243 e. The van der Waals surface area contributed by atoms with Crippen LogP contribution < -0.4 is 0 Å². The molecule has 1 aliphatic heterocycles. The normalized spacial score (nSPS) is 15.9. The first-order valence-corrected chi connectivity index (χ1v) is 9.61. The van der Waals surface area contributed by atoms with Crippen LogP contribution in [0.1, 0.15) is 27.9 Å². The lowest BCUT2D eigenvalue weighted by Crippen LogP contribution is -2.31. The number of Topliss-reactive ketones (excluding diaryl/α,β-unsaturated/α-hetero) is 1. The van der Waals surface area contributed by atoms with Crippen molar-refractivity contribution in [2.45, 2.75) is 24.8 Å². The first-order valence-electron chi connectivity index (χ1n) is 7.37. The summed E-state index contributed by atoms with van der Waals surface area (Å²) in [4.78, 5) is 12.4. The zero-order valence-electron chi connectivity index (χ0n) is 12.9. The van der Waals surface area contributed by atoms with E-state index >= 15 is 0 Å². The second-order valence-corrected chi connectivity index (χ2v) is 8.50. The number of halogens is 2. The molecule has 2 aromatic rings. The predicted octanol–water partition coefficient (Wildman–Crippen LogP) is 3.67. The highest BCUT2D eigenvalue weighted by Gasteiger charge is 2.32. The standard InChI is InChI=1S/C17H15BrFNO3S/c1-11-2-4-12(5-3-11)24(22,23)20-9-8-16(21)17-13(10-20)14(18)6-7-15(17)19/h2-7H,8-10H2,1H3. The van der Waals surface area contributed by atoms with E-state index in [1.807, 2.05) is 6.92 Å². The SMILES string of the molecule is Cc1ccc(S(=O)(=O)N2CCC(=O)c3c(F)ccc(Br)c3C2)cc1. The minimum absolute atomic E-state index is 0.0222. The van der Waals surface area contributed by atoms with Crippen molar-refractivity contribution >= 4 is 31.7 Å². The van der Waals surface area contributed by atoms with Gasteiger partial charge in [0.25, 0.3) is 0 Å². The Hall–Kier alpha value is -1.57. The summed E-state index contributed by atoms with van der Waals surface area (Å²) >= 11 is 3.30. The summed E-state index contributed by atoms with van der Waals surface area (Å²) in [6, 6.07) is 9.23. The Balaban J connectivity index is 2.06. The molecule has 4 nitrogen and oxygen atoms in total. The van der Waals surface area contributed by atoms with Crippen LogP contribution in [0.4, 0.5) is 4.39 Å². The third-order valence-corrected chi connectivity index (χ3v) is 6.67. The molecule has 0 atom stereocenters. The van der Waals surface area contributed by atoms with Crippen LogP contribution >= 0.6 is 15.9 Å². The molecule has 0 fully saturated rings. The number of aryl methyl sites for hydroxylation is 1. The van der Waals surface area contributed by atoms with E-state index in [-0.39, 0.29) is 35.8 Å². The van der Waals surface area contributed by atoms with E-state index in [1.54, 1.807) is 24.3 Å². The molecule has 0 saturated carbocycles. The maximum absolute atomic E-state index is 14.1. The van der Waals surface area contributed by atoms with Crippen molar-refractivity contribution in [3.05, 3.63) is 63.4 Å². The number of benzene rings is 2. The minimum atomic E-state index is -3.76. The van der Waals surface area contributed by atoms with Crippen molar-refractivity contribution in [3.8, 4) is 0 Å². The van der Waals surface area contributed by atoms with Crippen molar-refractivity contribution in [1.29, 1.82) is 0 Å². The van der Waals surface area contributed by atoms with Gasteiger partial charge < -0.3 is 0 Å². The molecule has 1 heterocycles.